The highest BCUT2D eigenvalue weighted by Gasteiger charge is 2.71. The Balaban J connectivity index is 1.63. The smallest absolute Gasteiger partial charge is 0.168 e. The van der Waals surface area contributed by atoms with E-state index in [1.807, 2.05) is 6.07 Å². The standard InChI is InChI=1S/C29H40O2/c1-20(2)10-9-11-21-14-15-24(25(18-21)22-12-7-6-8-13-22)26(30)29(31)19-23-16-17-28(29,5)27(23,3)4/h6-8,10,12-14,23-25,31H,9,11,15-19H2,1-5H3/t23-,24+,25-,28-,29+/m1/s1. The molecule has 0 amide bonds. The van der Waals surface area contributed by atoms with Crippen LogP contribution in [0.5, 0.6) is 0 Å². The van der Waals surface area contributed by atoms with E-state index < -0.39 is 5.60 Å². The highest BCUT2D eigenvalue weighted by atomic mass is 16.3. The number of carbonyl (C=O) groups is 1. The average Bonchev–Trinajstić information content (AvgIpc) is 3.06. The SMILES string of the molecule is CC(C)=CCCC1=CC[C@H](C(=O)[C@@]2(O)C[C@H]3CC[C@]2(C)C3(C)C)[C@@H](c2ccccc2)C1. The average molecular weight is 421 g/mol. The summed E-state index contributed by atoms with van der Waals surface area (Å²) in [5.74, 6) is 0.584. The third-order valence-corrected chi connectivity index (χ3v) is 9.51. The number of carbonyl (C=O) groups excluding carboxylic acids is 1. The third kappa shape index (κ3) is 3.55. The third-order valence-electron chi connectivity index (χ3n) is 9.51. The van der Waals surface area contributed by atoms with E-state index in [0.29, 0.717) is 12.3 Å². The molecule has 5 atom stereocenters. The molecule has 3 aliphatic rings. The van der Waals surface area contributed by atoms with Gasteiger partial charge in [-0.15, -0.1) is 0 Å². The number of rotatable bonds is 6. The maximum Gasteiger partial charge on any atom is 0.168 e. The van der Waals surface area contributed by atoms with Gasteiger partial charge in [-0.25, -0.2) is 0 Å². The monoisotopic (exact) mass is 420 g/mol. The Morgan fingerprint density at radius 2 is 1.87 bits per heavy atom. The topological polar surface area (TPSA) is 37.3 Å². The maximum atomic E-state index is 14.1. The number of Topliss-reactive ketones (excluding diaryl/α,β-unsaturated/α-hetero) is 1. The van der Waals surface area contributed by atoms with Gasteiger partial charge >= 0.3 is 0 Å². The first-order valence-corrected chi connectivity index (χ1v) is 12.2. The molecule has 2 bridgehead atoms. The van der Waals surface area contributed by atoms with Crippen molar-refractivity contribution in [2.75, 3.05) is 0 Å². The summed E-state index contributed by atoms with van der Waals surface area (Å²) in [6, 6.07) is 10.5. The van der Waals surface area contributed by atoms with Gasteiger partial charge in [-0.3, -0.25) is 4.79 Å². The summed E-state index contributed by atoms with van der Waals surface area (Å²) in [6.07, 6.45) is 11.2. The molecule has 4 rings (SSSR count). The molecular weight excluding hydrogens is 380 g/mol. The fourth-order valence-corrected chi connectivity index (χ4v) is 7.01. The van der Waals surface area contributed by atoms with Crippen LogP contribution in [-0.4, -0.2) is 16.5 Å². The Kier molecular flexibility index (Phi) is 5.83. The lowest BCUT2D eigenvalue weighted by atomic mass is 9.59. The number of aliphatic hydroxyl groups is 1. The number of ketones is 1. The lowest BCUT2D eigenvalue weighted by molar-refractivity contribution is -0.160. The van der Waals surface area contributed by atoms with Gasteiger partial charge in [0.2, 0.25) is 0 Å². The van der Waals surface area contributed by atoms with Crippen LogP contribution in [0.15, 0.2) is 53.6 Å². The van der Waals surface area contributed by atoms with Gasteiger partial charge in [-0.2, -0.15) is 0 Å². The minimum Gasteiger partial charge on any atom is -0.381 e. The summed E-state index contributed by atoms with van der Waals surface area (Å²) in [5.41, 5.74) is 2.56. The molecule has 0 aromatic heterocycles. The largest absolute Gasteiger partial charge is 0.381 e. The van der Waals surface area contributed by atoms with Gasteiger partial charge in [-0.1, -0.05) is 74.4 Å². The first-order valence-electron chi connectivity index (χ1n) is 12.2. The molecule has 2 fully saturated rings. The van der Waals surface area contributed by atoms with E-state index in [9.17, 15) is 9.90 Å². The Hall–Kier alpha value is -1.67. The summed E-state index contributed by atoms with van der Waals surface area (Å²) in [4.78, 5) is 14.1. The quantitative estimate of drug-likeness (QED) is 0.503. The van der Waals surface area contributed by atoms with Crippen LogP contribution >= 0.6 is 0 Å². The minimum atomic E-state index is -1.19. The zero-order valence-electron chi connectivity index (χ0n) is 20.1. The van der Waals surface area contributed by atoms with E-state index in [4.69, 9.17) is 0 Å². The molecule has 0 unspecified atom stereocenters. The lowest BCUT2D eigenvalue weighted by Gasteiger charge is -2.46. The fraction of sp³-hybridized carbons (Fsp3) is 0.621. The van der Waals surface area contributed by atoms with Gasteiger partial charge in [0, 0.05) is 11.3 Å². The van der Waals surface area contributed by atoms with Crippen LogP contribution in [-0.2, 0) is 4.79 Å². The van der Waals surface area contributed by atoms with Crippen LogP contribution in [0.25, 0.3) is 0 Å². The van der Waals surface area contributed by atoms with Crippen molar-refractivity contribution in [3.63, 3.8) is 0 Å². The molecular formula is C29H40O2. The van der Waals surface area contributed by atoms with E-state index in [-0.39, 0.29) is 28.4 Å². The molecule has 0 spiro atoms. The zero-order valence-corrected chi connectivity index (χ0v) is 20.1. The molecule has 1 N–H and O–H groups in total. The normalized spacial score (nSPS) is 36.2. The summed E-state index contributed by atoms with van der Waals surface area (Å²) in [7, 11) is 0. The van der Waals surface area contributed by atoms with Crippen LogP contribution in [0.1, 0.15) is 91.0 Å². The second kappa shape index (κ2) is 8.03. The summed E-state index contributed by atoms with van der Waals surface area (Å²) in [6.45, 7) is 11.0. The van der Waals surface area contributed by atoms with Crippen LogP contribution in [0.2, 0.25) is 0 Å². The molecule has 2 heteroatoms. The van der Waals surface area contributed by atoms with E-state index in [1.165, 1.54) is 16.7 Å². The molecule has 1 aromatic carbocycles. The molecule has 31 heavy (non-hydrogen) atoms. The number of hydrogen-bond acceptors (Lipinski definition) is 2. The molecule has 2 saturated carbocycles. The molecule has 2 nitrogen and oxygen atoms in total. The van der Waals surface area contributed by atoms with E-state index in [0.717, 1.165) is 38.5 Å². The van der Waals surface area contributed by atoms with E-state index >= 15 is 0 Å². The minimum absolute atomic E-state index is 0.0136. The maximum absolute atomic E-state index is 14.1. The number of fused-ring (bicyclic) bond motifs is 2. The first-order chi connectivity index (χ1) is 14.6. The van der Waals surface area contributed by atoms with Crippen molar-refractivity contribution in [2.45, 2.75) is 91.1 Å². The molecule has 0 aliphatic heterocycles. The molecule has 0 saturated heterocycles. The van der Waals surface area contributed by atoms with Gasteiger partial charge in [0.05, 0.1) is 0 Å². The first kappa shape index (κ1) is 22.5. The fourth-order valence-electron chi connectivity index (χ4n) is 7.01. The van der Waals surface area contributed by atoms with Crippen molar-refractivity contribution in [1.29, 1.82) is 0 Å². The zero-order chi connectivity index (χ0) is 22.4. The van der Waals surface area contributed by atoms with Gasteiger partial charge in [0.25, 0.3) is 0 Å². The Labute approximate surface area is 188 Å². The van der Waals surface area contributed by atoms with Crippen molar-refractivity contribution in [2.24, 2.45) is 22.7 Å². The van der Waals surface area contributed by atoms with Crippen LogP contribution in [0.4, 0.5) is 0 Å². The Bertz CT molecular complexity index is 889. The van der Waals surface area contributed by atoms with Crippen molar-refractivity contribution >= 4 is 5.78 Å². The van der Waals surface area contributed by atoms with Crippen molar-refractivity contribution in [3.05, 3.63) is 59.2 Å². The molecule has 168 valence electrons. The summed E-state index contributed by atoms with van der Waals surface area (Å²) in [5, 5.41) is 12.0. The van der Waals surface area contributed by atoms with Crippen LogP contribution in [0, 0.1) is 22.7 Å². The molecule has 3 aliphatic carbocycles. The van der Waals surface area contributed by atoms with Gasteiger partial charge in [-0.05, 0) is 81.6 Å². The molecule has 0 radical (unpaired) electrons. The van der Waals surface area contributed by atoms with Crippen LogP contribution < -0.4 is 0 Å². The molecule has 0 heterocycles. The van der Waals surface area contributed by atoms with Crippen molar-refractivity contribution in [3.8, 4) is 0 Å². The summed E-state index contributed by atoms with van der Waals surface area (Å²) < 4.78 is 0. The van der Waals surface area contributed by atoms with E-state index in [1.54, 1.807) is 0 Å². The Morgan fingerprint density at radius 3 is 2.45 bits per heavy atom. The second-order valence-corrected chi connectivity index (χ2v) is 11.5. The van der Waals surface area contributed by atoms with Crippen LogP contribution in [0.3, 0.4) is 0 Å². The highest BCUT2D eigenvalue weighted by Crippen LogP contribution is 2.70. The van der Waals surface area contributed by atoms with Gasteiger partial charge in [0.1, 0.15) is 5.60 Å². The predicted octanol–water partition coefficient (Wildman–Crippen LogP) is 7.00. The van der Waals surface area contributed by atoms with Gasteiger partial charge in [0.15, 0.2) is 5.78 Å². The Morgan fingerprint density at radius 1 is 1.16 bits per heavy atom. The van der Waals surface area contributed by atoms with E-state index in [2.05, 4.69) is 71.0 Å². The number of allylic oxidation sites excluding steroid dienone is 4. The number of hydrogen-bond donors (Lipinski definition) is 1. The summed E-state index contributed by atoms with van der Waals surface area (Å²) >= 11 is 0. The lowest BCUT2D eigenvalue weighted by Crippen LogP contribution is -2.55. The predicted molar refractivity (Wildman–Crippen MR) is 128 cm³/mol. The second-order valence-electron chi connectivity index (χ2n) is 11.5. The van der Waals surface area contributed by atoms with Crippen molar-refractivity contribution < 1.29 is 9.90 Å². The molecule has 1 aromatic rings. The number of benzene rings is 1. The van der Waals surface area contributed by atoms with Gasteiger partial charge < -0.3 is 5.11 Å². The van der Waals surface area contributed by atoms with Crippen molar-refractivity contribution in [1.82, 2.24) is 0 Å². The highest BCUT2D eigenvalue weighted by molar-refractivity contribution is 5.92.